The van der Waals surface area contributed by atoms with Gasteiger partial charge >= 0.3 is 5.97 Å². The molecule has 110 valence electrons. The number of hydrogen-bond acceptors (Lipinski definition) is 3. The van der Waals surface area contributed by atoms with Crippen LogP contribution in [0.15, 0.2) is 30.5 Å². The molecule has 6 nitrogen and oxygen atoms in total. The van der Waals surface area contributed by atoms with Crippen molar-refractivity contribution in [3.8, 4) is 5.75 Å². The van der Waals surface area contributed by atoms with Gasteiger partial charge in [-0.1, -0.05) is 11.6 Å². The molecule has 7 heteroatoms. The van der Waals surface area contributed by atoms with Crippen LogP contribution in [0.5, 0.6) is 5.75 Å². The fourth-order valence-corrected chi connectivity index (χ4v) is 2.13. The summed E-state index contributed by atoms with van der Waals surface area (Å²) in [5.74, 6) is -1.15. The first-order chi connectivity index (χ1) is 9.92. The summed E-state index contributed by atoms with van der Waals surface area (Å²) in [6, 6.07) is 5.83. The summed E-state index contributed by atoms with van der Waals surface area (Å²) in [5, 5.41) is 12.1. The van der Waals surface area contributed by atoms with Gasteiger partial charge in [-0.15, -0.1) is 0 Å². The molecule has 21 heavy (non-hydrogen) atoms. The molecule has 0 aliphatic heterocycles. The Kier molecular flexibility index (Phi) is 4.18. The topological polar surface area (TPSA) is 80.6 Å². The Labute approximate surface area is 125 Å². The number of rotatable bonds is 4. The number of hydrogen-bond donors (Lipinski definition) is 2. The van der Waals surface area contributed by atoms with Gasteiger partial charge in [0.1, 0.15) is 11.4 Å². The number of aromatic carboxylic acids is 1. The van der Waals surface area contributed by atoms with Crippen molar-refractivity contribution in [1.29, 1.82) is 0 Å². The van der Waals surface area contributed by atoms with Gasteiger partial charge in [0.15, 0.2) is 0 Å². The lowest BCUT2D eigenvalue weighted by Gasteiger charge is -2.10. The average Bonchev–Trinajstić information content (AvgIpc) is 2.77. The highest BCUT2D eigenvalue weighted by molar-refractivity contribution is 6.31. The van der Waals surface area contributed by atoms with Crippen LogP contribution in [-0.2, 0) is 7.05 Å². The van der Waals surface area contributed by atoms with E-state index in [0.717, 1.165) is 0 Å². The number of carbonyl (C=O) groups is 2. The van der Waals surface area contributed by atoms with Crippen molar-refractivity contribution in [2.24, 2.45) is 7.05 Å². The Morgan fingerprint density at radius 1 is 1.33 bits per heavy atom. The zero-order chi connectivity index (χ0) is 15.6. The minimum atomic E-state index is -1.14. The van der Waals surface area contributed by atoms with Crippen LogP contribution in [-0.4, -0.2) is 28.7 Å². The number of aromatic nitrogens is 1. The van der Waals surface area contributed by atoms with E-state index in [-0.39, 0.29) is 11.3 Å². The van der Waals surface area contributed by atoms with Gasteiger partial charge in [0.25, 0.3) is 5.91 Å². The number of methoxy groups -OCH3 is 1. The van der Waals surface area contributed by atoms with Crippen molar-refractivity contribution in [3.05, 3.63) is 46.7 Å². The van der Waals surface area contributed by atoms with Gasteiger partial charge in [-0.25, -0.2) is 4.79 Å². The lowest BCUT2D eigenvalue weighted by Crippen LogP contribution is -2.17. The van der Waals surface area contributed by atoms with E-state index in [4.69, 9.17) is 21.4 Å². The number of aryl methyl sites for hydroxylation is 1. The molecule has 0 aliphatic carbocycles. The van der Waals surface area contributed by atoms with E-state index >= 15 is 0 Å². The van der Waals surface area contributed by atoms with Crippen LogP contribution in [0.2, 0.25) is 5.02 Å². The van der Waals surface area contributed by atoms with Crippen LogP contribution in [0, 0.1) is 0 Å². The quantitative estimate of drug-likeness (QED) is 0.910. The van der Waals surface area contributed by atoms with Crippen molar-refractivity contribution in [1.82, 2.24) is 4.57 Å². The fourth-order valence-electron chi connectivity index (χ4n) is 1.88. The van der Waals surface area contributed by atoms with Gasteiger partial charge in [0.05, 0.1) is 23.4 Å². The molecule has 0 unspecified atom stereocenters. The molecular weight excluding hydrogens is 296 g/mol. The van der Waals surface area contributed by atoms with Crippen LogP contribution in [0.4, 0.5) is 5.69 Å². The number of carboxylic acids is 1. The highest BCUT2D eigenvalue weighted by atomic mass is 35.5. The number of nitrogens with one attached hydrogen (secondary N) is 1. The molecule has 1 amide bonds. The number of anilines is 1. The zero-order valence-corrected chi connectivity index (χ0v) is 12.1. The molecule has 0 saturated carbocycles. The lowest BCUT2D eigenvalue weighted by molar-refractivity contribution is 0.0698. The van der Waals surface area contributed by atoms with Crippen molar-refractivity contribution in [2.75, 3.05) is 12.4 Å². The minimum absolute atomic E-state index is 0.0237. The standard InChI is InChI=1S/C14H13ClN2O4/c1-17-7-8(15)5-12(17)13(18)16-11-6-9(21-2)3-4-10(11)14(19)20/h3-7H,1-2H3,(H,16,18)(H,19,20). The maximum atomic E-state index is 12.2. The van der Waals surface area contributed by atoms with Gasteiger partial charge in [0, 0.05) is 19.3 Å². The van der Waals surface area contributed by atoms with Crippen LogP contribution in [0.3, 0.4) is 0 Å². The number of nitrogens with zero attached hydrogens (tertiary/aromatic N) is 1. The Morgan fingerprint density at radius 3 is 2.57 bits per heavy atom. The second kappa shape index (κ2) is 5.88. The van der Waals surface area contributed by atoms with Crippen LogP contribution >= 0.6 is 11.6 Å². The molecule has 2 rings (SSSR count). The summed E-state index contributed by atoms with van der Waals surface area (Å²) in [5.41, 5.74) is 0.452. The van der Waals surface area contributed by atoms with Gasteiger partial charge < -0.3 is 19.7 Å². The van der Waals surface area contributed by atoms with E-state index in [2.05, 4.69) is 5.32 Å². The number of benzene rings is 1. The Balaban J connectivity index is 2.35. The van der Waals surface area contributed by atoms with Gasteiger partial charge in [0.2, 0.25) is 0 Å². The Hall–Kier alpha value is -2.47. The largest absolute Gasteiger partial charge is 0.497 e. The molecule has 0 atom stereocenters. The highest BCUT2D eigenvalue weighted by Gasteiger charge is 2.16. The molecule has 0 saturated heterocycles. The normalized spacial score (nSPS) is 10.2. The van der Waals surface area contributed by atoms with Crippen molar-refractivity contribution in [3.63, 3.8) is 0 Å². The van der Waals surface area contributed by atoms with Gasteiger partial charge in [-0.05, 0) is 18.2 Å². The number of carboxylic acid groups (broad SMARTS) is 1. The highest BCUT2D eigenvalue weighted by Crippen LogP contribution is 2.24. The molecule has 0 bridgehead atoms. The molecule has 1 aromatic heterocycles. The second-order valence-corrected chi connectivity index (χ2v) is 4.76. The first kappa shape index (κ1) is 14.9. The van der Waals surface area contributed by atoms with Crippen molar-refractivity contribution < 1.29 is 19.4 Å². The summed E-state index contributed by atoms with van der Waals surface area (Å²) in [4.78, 5) is 23.4. The average molecular weight is 309 g/mol. The predicted molar refractivity (Wildman–Crippen MR) is 78.3 cm³/mol. The van der Waals surface area contributed by atoms with E-state index in [1.807, 2.05) is 0 Å². The third-order valence-corrected chi connectivity index (χ3v) is 3.12. The van der Waals surface area contributed by atoms with Gasteiger partial charge in [-0.2, -0.15) is 0 Å². The Bertz CT molecular complexity index is 709. The van der Waals surface area contributed by atoms with Crippen LogP contribution in [0.1, 0.15) is 20.8 Å². The summed E-state index contributed by atoms with van der Waals surface area (Å²) < 4.78 is 6.59. The first-order valence-corrected chi connectivity index (χ1v) is 6.34. The molecule has 0 fully saturated rings. The van der Waals surface area contributed by atoms with Crippen molar-refractivity contribution in [2.45, 2.75) is 0 Å². The third-order valence-electron chi connectivity index (χ3n) is 2.91. The van der Waals surface area contributed by atoms with E-state index in [9.17, 15) is 9.59 Å². The maximum absolute atomic E-state index is 12.2. The molecule has 2 N–H and O–H groups in total. The number of ether oxygens (including phenoxy) is 1. The zero-order valence-electron chi connectivity index (χ0n) is 11.4. The first-order valence-electron chi connectivity index (χ1n) is 5.97. The van der Waals surface area contributed by atoms with E-state index in [0.29, 0.717) is 16.5 Å². The van der Waals surface area contributed by atoms with Gasteiger partial charge in [-0.3, -0.25) is 4.79 Å². The third kappa shape index (κ3) is 3.17. The van der Waals surface area contributed by atoms with Crippen LogP contribution in [0.25, 0.3) is 0 Å². The summed E-state index contributed by atoms with van der Waals surface area (Å²) in [6.45, 7) is 0. The smallest absolute Gasteiger partial charge is 0.337 e. The molecule has 1 heterocycles. The molecular formula is C14H13ClN2O4. The van der Waals surface area contributed by atoms with E-state index < -0.39 is 11.9 Å². The van der Waals surface area contributed by atoms with E-state index in [1.165, 1.54) is 31.4 Å². The van der Waals surface area contributed by atoms with Crippen molar-refractivity contribution >= 4 is 29.2 Å². The molecule has 2 aromatic rings. The summed E-state index contributed by atoms with van der Waals surface area (Å²) >= 11 is 5.83. The SMILES string of the molecule is COc1ccc(C(=O)O)c(NC(=O)c2cc(Cl)cn2C)c1. The Morgan fingerprint density at radius 2 is 2.05 bits per heavy atom. The second-order valence-electron chi connectivity index (χ2n) is 4.33. The fraction of sp³-hybridized carbons (Fsp3) is 0.143. The molecule has 0 radical (unpaired) electrons. The summed E-state index contributed by atoms with van der Waals surface area (Å²) in [6.07, 6.45) is 1.58. The predicted octanol–water partition coefficient (Wildman–Crippen LogP) is 2.64. The number of halogens is 1. The number of carbonyl (C=O) groups excluding carboxylic acids is 1. The maximum Gasteiger partial charge on any atom is 0.337 e. The minimum Gasteiger partial charge on any atom is -0.497 e. The number of amides is 1. The molecule has 0 spiro atoms. The summed E-state index contributed by atoms with van der Waals surface area (Å²) in [7, 11) is 3.13. The van der Waals surface area contributed by atoms with E-state index in [1.54, 1.807) is 17.8 Å². The molecule has 0 aliphatic rings. The molecule has 1 aromatic carbocycles. The van der Waals surface area contributed by atoms with Crippen LogP contribution < -0.4 is 10.1 Å². The monoisotopic (exact) mass is 308 g/mol. The lowest BCUT2D eigenvalue weighted by atomic mass is 10.1.